The summed E-state index contributed by atoms with van der Waals surface area (Å²) in [6.07, 6.45) is 3.91. The number of pyridine rings is 1. The van der Waals surface area contributed by atoms with Crippen molar-refractivity contribution in [3.05, 3.63) is 34.4 Å². The Morgan fingerprint density at radius 1 is 1.25 bits per heavy atom. The van der Waals surface area contributed by atoms with Gasteiger partial charge in [0.25, 0.3) is 0 Å². The molecule has 1 aromatic carbocycles. The third kappa shape index (κ3) is 5.21. The van der Waals surface area contributed by atoms with Crippen LogP contribution in [0.25, 0.3) is 10.9 Å². The molecule has 132 valence electrons. The van der Waals surface area contributed by atoms with Gasteiger partial charge in [0.1, 0.15) is 0 Å². The van der Waals surface area contributed by atoms with Crippen molar-refractivity contribution >= 4 is 39.8 Å². The lowest BCUT2D eigenvalue weighted by Gasteiger charge is -2.21. The zero-order chi connectivity index (χ0) is 17.5. The van der Waals surface area contributed by atoms with Crippen LogP contribution in [0.5, 0.6) is 0 Å². The van der Waals surface area contributed by atoms with Crippen molar-refractivity contribution in [2.45, 2.75) is 32.7 Å². The summed E-state index contributed by atoms with van der Waals surface area (Å²) in [6.45, 7) is 7.22. The Balaban J connectivity index is 1.98. The molecule has 2 aromatic rings. The molecule has 0 aliphatic heterocycles. The molecule has 2 N–H and O–H groups in total. The maximum absolute atomic E-state index is 9.03. The fourth-order valence-corrected chi connectivity index (χ4v) is 3.12. The summed E-state index contributed by atoms with van der Waals surface area (Å²) in [7, 11) is 0. The highest BCUT2D eigenvalue weighted by Crippen LogP contribution is 2.31. The SMILES string of the molecule is CCN(CCO)CCCC(C)Nc1ccnc2cc(Cl)c(Cl)cc12. The normalized spacial score (nSPS) is 12.8. The summed E-state index contributed by atoms with van der Waals surface area (Å²) in [5, 5.41) is 14.6. The number of hydrogen-bond acceptors (Lipinski definition) is 4. The number of benzene rings is 1. The minimum absolute atomic E-state index is 0.216. The number of hydrogen-bond donors (Lipinski definition) is 2. The minimum Gasteiger partial charge on any atom is -0.395 e. The highest BCUT2D eigenvalue weighted by molar-refractivity contribution is 6.42. The fourth-order valence-electron chi connectivity index (χ4n) is 2.79. The van der Waals surface area contributed by atoms with E-state index in [1.165, 1.54) is 0 Å². The van der Waals surface area contributed by atoms with Gasteiger partial charge >= 0.3 is 0 Å². The van der Waals surface area contributed by atoms with Gasteiger partial charge in [0.2, 0.25) is 0 Å². The molecule has 4 nitrogen and oxygen atoms in total. The molecule has 0 bridgehead atoms. The first-order valence-corrected chi connectivity index (χ1v) is 9.14. The highest BCUT2D eigenvalue weighted by atomic mass is 35.5. The van der Waals surface area contributed by atoms with Gasteiger partial charge in [0, 0.05) is 29.9 Å². The number of aromatic nitrogens is 1. The maximum Gasteiger partial charge on any atom is 0.0738 e. The lowest BCUT2D eigenvalue weighted by molar-refractivity contribution is 0.199. The summed E-state index contributed by atoms with van der Waals surface area (Å²) >= 11 is 12.2. The summed E-state index contributed by atoms with van der Waals surface area (Å²) in [5.41, 5.74) is 1.86. The largest absolute Gasteiger partial charge is 0.395 e. The van der Waals surface area contributed by atoms with Crippen molar-refractivity contribution < 1.29 is 5.11 Å². The summed E-state index contributed by atoms with van der Waals surface area (Å²) in [4.78, 5) is 6.61. The van der Waals surface area contributed by atoms with Crippen molar-refractivity contribution in [1.82, 2.24) is 9.88 Å². The highest BCUT2D eigenvalue weighted by Gasteiger charge is 2.09. The first kappa shape index (κ1) is 19.3. The number of likely N-dealkylation sites (N-methyl/N-ethyl adjacent to an activating group) is 1. The Morgan fingerprint density at radius 3 is 2.71 bits per heavy atom. The number of anilines is 1. The number of nitrogens with zero attached hydrogens (tertiary/aromatic N) is 2. The molecule has 0 saturated heterocycles. The fraction of sp³-hybridized carbons (Fsp3) is 0.500. The predicted molar refractivity (Wildman–Crippen MR) is 103 cm³/mol. The summed E-state index contributed by atoms with van der Waals surface area (Å²) in [5.74, 6) is 0. The van der Waals surface area contributed by atoms with Crippen LogP contribution in [0.3, 0.4) is 0 Å². The number of aliphatic hydroxyl groups is 1. The second-order valence-corrected chi connectivity index (χ2v) is 6.80. The van der Waals surface area contributed by atoms with E-state index < -0.39 is 0 Å². The summed E-state index contributed by atoms with van der Waals surface area (Å²) in [6, 6.07) is 5.95. The Labute approximate surface area is 153 Å². The van der Waals surface area contributed by atoms with Crippen LogP contribution >= 0.6 is 23.2 Å². The van der Waals surface area contributed by atoms with Gasteiger partial charge in [0.15, 0.2) is 0 Å². The molecule has 0 aliphatic rings. The molecule has 2 rings (SSSR count). The number of nitrogens with one attached hydrogen (secondary N) is 1. The lowest BCUT2D eigenvalue weighted by Crippen LogP contribution is -2.28. The molecule has 0 aliphatic carbocycles. The zero-order valence-electron chi connectivity index (χ0n) is 14.2. The lowest BCUT2D eigenvalue weighted by atomic mass is 10.1. The first-order chi connectivity index (χ1) is 11.5. The molecule has 1 aromatic heterocycles. The van der Waals surface area contributed by atoms with E-state index in [1.54, 1.807) is 12.3 Å². The van der Waals surface area contributed by atoms with E-state index in [0.717, 1.165) is 49.1 Å². The molecule has 1 unspecified atom stereocenters. The van der Waals surface area contributed by atoms with E-state index >= 15 is 0 Å². The Bertz CT molecular complexity index is 666. The van der Waals surface area contributed by atoms with Gasteiger partial charge < -0.3 is 15.3 Å². The molecule has 1 atom stereocenters. The van der Waals surface area contributed by atoms with Crippen molar-refractivity contribution in [3.8, 4) is 0 Å². The van der Waals surface area contributed by atoms with Gasteiger partial charge in [0.05, 0.1) is 22.2 Å². The Kier molecular flexibility index (Phi) is 7.56. The first-order valence-electron chi connectivity index (χ1n) is 8.38. The van der Waals surface area contributed by atoms with Gasteiger partial charge in [-0.2, -0.15) is 0 Å². The molecule has 6 heteroatoms. The van der Waals surface area contributed by atoms with Crippen LogP contribution in [0.15, 0.2) is 24.4 Å². The summed E-state index contributed by atoms with van der Waals surface area (Å²) < 4.78 is 0. The van der Waals surface area contributed by atoms with Crippen LogP contribution in [0.1, 0.15) is 26.7 Å². The van der Waals surface area contributed by atoms with Crippen molar-refractivity contribution in [2.75, 3.05) is 31.6 Å². The molecule has 24 heavy (non-hydrogen) atoms. The van der Waals surface area contributed by atoms with Crippen molar-refractivity contribution in [3.63, 3.8) is 0 Å². The smallest absolute Gasteiger partial charge is 0.0738 e. The number of fused-ring (bicyclic) bond motifs is 1. The average molecular weight is 370 g/mol. The van der Waals surface area contributed by atoms with Gasteiger partial charge in [-0.05, 0) is 51.1 Å². The van der Waals surface area contributed by atoms with Gasteiger partial charge in [-0.1, -0.05) is 30.1 Å². The number of halogens is 2. The third-order valence-corrected chi connectivity index (χ3v) is 4.88. The van der Waals surface area contributed by atoms with E-state index in [-0.39, 0.29) is 6.61 Å². The van der Waals surface area contributed by atoms with Crippen LogP contribution < -0.4 is 5.32 Å². The van der Waals surface area contributed by atoms with Gasteiger partial charge in [-0.15, -0.1) is 0 Å². The molecular weight excluding hydrogens is 345 g/mol. The van der Waals surface area contributed by atoms with Crippen LogP contribution in [-0.4, -0.2) is 47.3 Å². The molecule has 0 saturated carbocycles. The molecule has 1 heterocycles. The Hall–Kier alpha value is -1.07. The number of aliphatic hydroxyl groups excluding tert-OH is 1. The molecule has 0 radical (unpaired) electrons. The van der Waals surface area contributed by atoms with Gasteiger partial charge in [-0.3, -0.25) is 4.98 Å². The zero-order valence-corrected chi connectivity index (χ0v) is 15.7. The molecule has 0 spiro atoms. The van der Waals surface area contributed by atoms with Crippen molar-refractivity contribution in [1.29, 1.82) is 0 Å². The van der Waals surface area contributed by atoms with Crippen LogP contribution in [0, 0.1) is 0 Å². The maximum atomic E-state index is 9.03. The standard InChI is InChI=1S/C18H25Cl2N3O/c1-3-23(9-10-24)8-4-5-13(2)22-17-6-7-21-18-12-16(20)15(19)11-14(17)18/h6-7,11-13,24H,3-5,8-10H2,1-2H3,(H,21,22). The van der Waals surface area contributed by atoms with Gasteiger partial charge in [-0.25, -0.2) is 0 Å². The van der Waals surface area contributed by atoms with Crippen molar-refractivity contribution in [2.24, 2.45) is 0 Å². The number of rotatable bonds is 9. The Morgan fingerprint density at radius 2 is 2.00 bits per heavy atom. The molecule has 0 amide bonds. The third-order valence-electron chi connectivity index (χ3n) is 4.16. The minimum atomic E-state index is 0.216. The predicted octanol–water partition coefficient (Wildman–Crippen LogP) is 4.44. The topological polar surface area (TPSA) is 48.4 Å². The van der Waals surface area contributed by atoms with E-state index in [0.29, 0.717) is 16.1 Å². The monoisotopic (exact) mass is 369 g/mol. The second kappa shape index (κ2) is 9.42. The average Bonchev–Trinajstić information content (AvgIpc) is 2.56. The van der Waals surface area contributed by atoms with E-state index in [4.69, 9.17) is 28.3 Å². The van der Waals surface area contributed by atoms with E-state index in [9.17, 15) is 0 Å². The van der Waals surface area contributed by atoms with Crippen LogP contribution in [-0.2, 0) is 0 Å². The quantitative estimate of drug-likeness (QED) is 0.685. The van der Waals surface area contributed by atoms with E-state index in [1.807, 2.05) is 12.1 Å². The van der Waals surface area contributed by atoms with Crippen LogP contribution in [0.4, 0.5) is 5.69 Å². The molecular formula is C18H25Cl2N3O. The van der Waals surface area contributed by atoms with Crippen LogP contribution in [0.2, 0.25) is 10.0 Å². The van der Waals surface area contributed by atoms with E-state index in [2.05, 4.69) is 29.0 Å². The second-order valence-electron chi connectivity index (χ2n) is 5.99. The molecule has 0 fully saturated rings.